The van der Waals surface area contributed by atoms with Gasteiger partial charge in [0.15, 0.2) is 0 Å². The Balaban J connectivity index is 2.40. The summed E-state index contributed by atoms with van der Waals surface area (Å²) >= 11 is 1.64. The van der Waals surface area contributed by atoms with Crippen molar-refractivity contribution >= 4 is 29.4 Å². The minimum atomic E-state index is -0.841. The molecule has 0 aliphatic rings. The minimum absolute atomic E-state index is 0.0443. The first-order valence-corrected chi connectivity index (χ1v) is 7.68. The molecule has 3 N–H and O–H groups in total. The van der Waals surface area contributed by atoms with Gasteiger partial charge in [-0.05, 0) is 36.4 Å². The number of benzene rings is 1. The molecule has 110 valence electrons. The van der Waals surface area contributed by atoms with Gasteiger partial charge in [0, 0.05) is 23.5 Å². The van der Waals surface area contributed by atoms with Crippen molar-refractivity contribution in [3.8, 4) is 0 Å². The molecule has 6 heteroatoms. The summed E-state index contributed by atoms with van der Waals surface area (Å²) in [6.45, 7) is 2.27. The van der Waals surface area contributed by atoms with E-state index in [9.17, 15) is 9.59 Å². The molecule has 20 heavy (non-hydrogen) atoms. The number of carboxylic acids is 1. The largest absolute Gasteiger partial charge is 0.481 e. The van der Waals surface area contributed by atoms with Gasteiger partial charge in [0.25, 0.3) is 0 Å². The van der Waals surface area contributed by atoms with Crippen LogP contribution in [0.1, 0.15) is 19.8 Å². The summed E-state index contributed by atoms with van der Waals surface area (Å²) in [5.74, 6) is -0.885. The number of amides is 2. The molecule has 0 saturated heterocycles. The molecule has 0 aliphatic carbocycles. The number of urea groups is 1. The molecular formula is C14H20N2O3S. The molecule has 0 radical (unpaired) electrons. The van der Waals surface area contributed by atoms with Crippen LogP contribution in [0.25, 0.3) is 0 Å². The van der Waals surface area contributed by atoms with E-state index in [1.54, 1.807) is 11.8 Å². The van der Waals surface area contributed by atoms with E-state index in [4.69, 9.17) is 5.11 Å². The molecule has 0 aliphatic heterocycles. The van der Waals surface area contributed by atoms with Gasteiger partial charge in [0.05, 0.1) is 0 Å². The maximum absolute atomic E-state index is 11.7. The summed E-state index contributed by atoms with van der Waals surface area (Å²) < 4.78 is 0. The average molecular weight is 296 g/mol. The van der Waals surface area contributed by atoms with Crippen LogP contribution in [-0.4, -0.2) is 29.9 Å². The van der Waals surface area contributed by atoms with Crippen LogP contribution in [0, 0.1) is 5.92 Å². The Morgan fingerprint density at radius 1 is 1.30 bits per heavy atom. The quantitative estimate of drug-likeness (QED) is 0.676. The molecule has 1 aromatic carbocycles. The topological polar surface area (TPSA) is 78.4 Å². The summed E-state index contributed by atoms with van der Waals surface area (Å²) in [6.07, 6.45) is 2.77. The van der Waals surface area contributed by atoms with Gasteiger partial charge < -0.3 is 15.7 Å². The third kappa shape index (κ3) is 5.97. The first-order valence-electron chi connectivity index (χ1n) is 6.45. The van der Waals surface area contributed by atoms with Crippen LogP contribution >= 0.6 is 11.8 Å². The van der Waals surface area contributed by atoms with Crippen molar-refractivity contribution in [2.24, 2.45) is 5.92 Å². The van der Waals surface area contributed by atoms with Gasteiger partial charge >= 0.3 is 12.0 Å². The number of carbonyl (C=O) groups excluding carboxylic acids is 1. The third-order valence-corrected chi connectivity index (χ3v) is 3.68. The van der Waals surface area contributed by atoms with Gasteiger partial charge in [-0.15, -0.1) is 11.8 Å². The normalized spacial score (nSPS) is 11.7. The summed E-state index contributed by atoms with van der Waals surface area (Å²) in [4.78, 5) is 23.5. The highest BCUT2D eigenvalue weighted by Crippen LogP contribution is 2.17. The van der Waals surface area contributed by atoms with E-state index in [1.165, 1.54) is 0 Å². The highest BCUT2D eigenvalue weighted by atomic mass is 32.2. The molecule has 1 unspecified atom stereocenters. The lowest BCUT2D eigenvalue weighted by atomic mass is 10.0. The van der Waals surface area contributed by atoms with Crippen LogP contribution in [0.15, 0.2) is 29.2 Å². The minimum Gasteiger partial charge on any atom is -0.481 e. The zero-order valence-electron chi connectivity index (χ0n) is 11.7. The summed E-state index contributed by atoms with van der Waals surface area (Å²) in [7, 11) is 0. The molecule has 0 fully saturated rings. The first-order chi connectivity index (χ1) is 9.55. The van der Waals surface area contributed by atoms with Crippen molar-refractivity contribution in [2.45, 2.75) is 24.7 Å². The molecule has 1 aromatic rings. The Morgan fingerprint density at radius 2 is 1.95 bits per heavy atom. The maximum Gasteiger partial charge on any atom is 0.319 e. The van der Waals surface area contributed by atoms with Crippen LogP contribution in [0.5, 0.6) is 0 Å². The number of rotatable bonds is 7. The maximum atomic E-state index is 11.7. The van der Waals surface area contributed by atoms with E-state index >= 15 is 0 Å². The van der Waals surface area contributed by atoms with Crippen molar-refractivity contribution in [1.29, 1.82) is 0 Å². The fourth-order valence-electron chi connectivity index (χ4n) is 1.69. The third-order valence-electron chi connectivity index (χ3n) is 2.94. The fourth-order valence-corrected chi connectivity index (χ4v) is 2.10. The second-order valence-corrected chi connectivity index (χ2v) is 5.32. The molecule has 1 atom stereocenters. The number of nitrogens with one attached hydrogen (secondary N) is 2. The molecule has 5 nitrogen and oxygen atoms in total. The Hall–Kier alpha value is -1.69. The zero-order chi connectivity index (χ0) is 15.0. The summed E-state index contributed by atoms with van der Waals surface area (Å²) in [6, 6.07) is 7.21. The Kier molecular flexibility index (Phi) is 6.93. The van der Waals surface area contributed by atoms with E-state index < -0.39 is 5.97 Å². The number of hydrogen-bond donors (Lipinski definition) is 3. The number of hydrogen-bond acceptors (Lipinski definition) is 3. The Morgan fingerprint density at radius 3 is 2.45 bits per heavy atom. The van der Waals surface area contributed by atoms with Gasteiger partial charge in [-0.2, -0.15) is 0 Å². The highest BCUT2D eigenvalue weighted by molar-refractivity contribution is 7.98. The standard InChI is InChI=1S/C14H20N2O3S/c1-3-10(8-13(17)18)9-15-14(19)16-11-4-6-12(20-2)7-5-11/h4-7,10H,3,8-9H2,1-2H3,(H,17,18)(H2,15,16,19). The predicted octanol–water partition coefficient (Wildman–Crippen LogP) is 3.03. The summed E-state index contributed by atoms with van der Waals surface area (Å²) in [5.41, 5.74) is 0.714. The molecule has 0 aromatic heterocycles. The van der Waals surface area contributed by atoms with Crippen molar-refractivity contribution in [2.75, 3.05) is 18.1 Å². The van der Waals surface area contributed by atoms with Gasteiger partial charge in [-0.3, -0.25) is 4.79 Å². The van der Waals surface area contributed by atoms with Crippen LogP contribution in [-0.2, 0) is 4.79 Å². The molecule has 1 rings (SSSR count). The Bertz CT molecular complexity index is 448. The second kappa shape index (κ2) is 8.47. The SMILES string of the molecule is CCC(CNC(=O)Nc1ccc(SC)cc1)CC(=O)O. The lowest BCUT2D eigenvalue weighted by Crippen LogP contribution is -2.33. The van der Waals surface area contributed by atoms with E-state index in [0.717, 1.165) is 11.3 Å². The number of anilines is 1. The van der Waals surface area contributed by atoms with Crippen molar-refractivity contribution < 1.29 is 14.7 Å². The molecule has 0 spiro atoms. The molecular weight excluding hydrogens is 276 g/mol. The average Bonchev–Trinajstić information content (AvgIpc) is 2.44. The summed E-state index contributed by atoms with van der Waals surface area (Å²) in [5, 5.41) is 14.2. The van der Waals surface area contributed by atoms with E-state index in [1.807, 2.05) is 37.4 Å². The number of carboxylic acid groups (broad SMARTS) is 1. The molecule has 0 heterocycles. The van der Waals surface area contributed by atoms with Gasteiger partial charge in [0.2, 0.25) is 0 Å². The monoisotopic (exact) mass is 296 g/mol. The van der Waals surface area contributed by atoms with Crippen LogP contribution in [0.3, 0.4) is 0 Å². The fraction of sp³-hybridized carbons (Fsp3) is 0.429. The molecule has 0 bridgehead atoms. The lowest BCUT2D eigenvalue weighted by Gasteiger charge is -2.14. The lowest BCUT2D eigenvalue weighted by molar-refractivity contribution is -0.138. The van der Waals surface area contributed by atoms with Crippen molar-refractivity contribution in [1.82, 2.24) is 5.32 Å². The van der Waals surface area contributed by atoms with Crippen LogP contribution in [0.2, 0.25) is 0 Å². The molecule has 0 saturated carbocycles. The van der Waals surface area contributed by atoms with Gasteiger partial charge in [0.1, 0.15) is 0 Å². The van der Waals surface area contributed by atoms with E-state index in [2.05, 4.69) is 10.6 Å². The Labute approximate surface area is 123 Å². The van der Waals surface area contributed by atoms with E-state index in [0.29, 0.717) is 12.2 Å². The first kappa shape index (κ1) is 16.4. The van der Waals surface area contributed by atoms with Crippen molar-refractivity contribution in [3.63, 3.8) is 0 Å². The predicted molar refractivity (Wildman–Crippen MR) is 81.3 cm³/mol. The zero-order valence-corrected chi connectivity index (χ0v) is 12.5. The molecule has 2 amide bonds. The van der Waals surface area contributed by atoms with Gasteiger partial charge in [-0.25, -0.2) is 4.79 Å². The van der Waals surface area contributed by atoms with Crippen LogP contribution in [0.4, 0.5) is 10.5 Å². The number of thioether (sulfide) groups is 1. The highest BCUT2D eigenvalue weighted by Gasteiger charge is 2.12. The smallest absolute Gasteiger partial charge is 0.319 e. The second-order valence-electron chi connectivity index (χ2n) is 4.44. The number of aliphatic carboxylic acids is 1. The van der Waals surface area contributed by atoms with E-state index in [-0.39, 0.29) is 18.4 Å². The van der Waals surface area contributed by atoms with Crippen LogP contribution < -0.4 is 10.6 Å². The van der Waals surface area contributed by atoms with Gasteiger partial charge in [-0.1, -0.05) is 13.3 Å². The van der Waals surface area contributed by atoms with Crippen molar-refractivity contribution in [3.05, 3.63) is 24.3 Å². The number of carbonyl (C=O) groups is 2.